The highest BCUT2D eigenvalue weighted by Gasteiger charge is 2.19. The minimum atomic E-state index is -0.779. The first-order valence-electron chi connectivity index (χ1n) is 5.30. The molecule has 3 nitrogen and oxygen atoms in total. The first kappa shape index (κ1) is 10.6. The van der Waals surface area contributed by atoms with Crippen molar-refractivity contribution in [1.29, 1.82) is 0 Å². The van der Waals surface area contributed by atoms with Gasteiger partial charge >= 0.3 is 5.97 Å². The van der Waals surface area contributed by atoms with E-state index in [-0.39, 0.29) is 0 Å². The minimum absolute atomic E-state index is 0.451. The number of fused-ring (bicyclic) bond motifs is 1. The Bertz CT molecular complexity index is 517. The van der Waals surface area contributed by atoms with Crippen molar-refractivity contribution >= 4 is 16.9 Å². The Labute approximate surface area is 93.7 Å². The number of pyridine rings is 1. The van der Waals surface area contributed by atoms with Gasteiger partial charge in [0, 0.05) is 11.6 Å². The number of para-hydroxylation sites is 1. The molecule has 0 spiro atoms. The number of benzene rings is 1. The molecule has 0 amide bonds. The maximum atomic E-state index is 11.2. The van der Waals surface area contributed by atoms with Crippen LogP contribution in [0.2, 0.25) is 0 Å². The van der Waals surface area contributed by atoms with Crippen molar-refractivity contribution in [3.63, 3.8) is 0 Å². The van der Waals surface area contributed by atoms with Crippen LogP contribution in [0, 0.1) is 0 Å². The van der Waals surface area contributed by atoms with Gasteiger partial charge < -0.3 is 5.11 Å². The van der Waals surface area contributed by atoms with E-state index in [1.165, 1.54) is 0 Å². The zero-order valence-electron chi connectivity index (χ0n) is 9.05. The number of hydrogen-bond acceptors (Lipinski definition) is 2. The minimum Gasteiger partial charge on any atom is -0.481 e. The Balaban J connectivity index is 2.63. The topological polar surface area (TPSA) is 50.2 Å². The number of carbonyl (C=O) groups is 1. The molecule has 2 rings (SSSR count). The molecule has 1 heterocycles. The maximum absolute atomic E-state index is 11.2. The van der Waals surface area contributed by atoms with Crippen molar-refractivity contribution in [2.75, 3.05) is 0 Å². The van der Waals surface area contributed by atoms with Crippen LogP contribution in [0.15, 0.2) is 36.5 Å². The molecule has 1 aromatic heterocycles. The van der Waals surface area contributed by atoms with E-state index in [2.05, 4.69) is 4.98 Å². The number of aromatic nitrogens is 1. The first-order valence-corrected chi connectivity index (χ1v) is 5.30. The van der Waals surface area contributed by atoms with Crippen LogP contribution in [-0.2, 0) is 4.79 Å². The summed E-state index contributed by atoms with van der Waals surface area (Å²) < 4.78 is 0. The molecule has 0 saturated heterocycles. The summed E-state index contributed by atoms with van der Waals surface area (Å²) in [4.78, 5) is 15.4. The van der Waals surface area contributed by atoms with E-state index in [1.54, 1.807) is 12.3 Å². The lowest BCUT2D eigenvalue weighted by Crippen LogP contribution is -2.11. The van der Waals surface area contributed by atoms with Crippen LogP contribution in [-0.4, -0.2) is 16.1 Å². The van der Waals surface area contributed by atoms with Crippen LogP contribution in [0.3, 0.4) is 0 Å². The van der Waals surface area contributed by atoms with Gasteiger partial charge in [-0.3, -0.25) is 9.78 Å². The molecular weight excluding hydrogens is 202 g/mol. The smallest absolute Gasteiger partial charge is 0.310 e. The Kier molecular flexibility index (Phi) is 2.86. The molecule has 0 aliphatic heterocycles. The third-order valence-electron chi connectivity index (χ3n) is 2.76. The Hall–Kier alpha value is -1.90. The Morgan fingerprint density at radius 3 is 2.81 bits per heavy atom. The summed E-state index contributed by atoms with van der Waals surface area (Å²) in [7, 11) is 0. The summed E-state index contributed by atoms with van der Waals surface area (Å²) in [6, 6.07) is 9.42. The Morgan fingerprint density at radius 1 is 1.38 bits per heavy atom. The number of carboxylic acids is 1. The van der Waals surface area contributed by atoms with Crippen molar-refractivity contribution < 1.29 is 9.90 Å². The second kappa shape index (κ2) is 4.31. The molecule has 1 aromatic carbocycles. The maximum Gasteiger partial charge on any atom is 0.310 e. The number of aliphatic carboxylic acids is 1. The molecule has 0 radical (unpaired) electrons. The predicted molar refractivity (Wildman–Crippen MR) is 62.4 cm³/mol. The summed E-state index contributed by atoms with van der Waals surface area (Å²) in [5, 5.41) is 10.1. The molecular formula is C13H13NO2. The van der Waals surface area contributed by atoms with E-state index in [0.29, 0.717) is 6.42 Å². The van der Waals surface area contributed by atoms with Crippen LogP contribution in [0.25, 0.3) is 10.9 Å². The van der Waals surface area contributed by atoms with Crippen molar-refractivity contribution in [2.24, 2.45) is 0 Å². The molecule has 0 saturated carbocycles. The van der Waals surface area contributed by atoms with Crippen molar-refractivity contribution in [1.82, 2.24) is 4.98 Å². The SMILES string of the molecule is CCC(C(=O)O)c1ccnc2ccccc12. The van der Waals surface area contributed by atoms with Crippen molar-refractivity contribution in [3.8, 4) is 0 Å². The van der Waals surface area contributed by atoms with Crippen molar-refractivity contribution in [2.45, 2.75) is 19.3 Å². The van der Waals surface area contributed by atoms with E-state index in [4.69, 9.17) is 5.11 Å². The number of rotatable bonds is 3. The third-order valence-corrected chi connectivity index (χ3v) is 2.76. The van der Waals surface area contributed by atoms with Gasteiger partial charge in [0.25, 0.3) is 0 Å². The molecule has 1 N–H and O–H groups in total. The normalized spacial score (nSPS) is 12.6. The highest BCUT2D eigenvalue weighted by molar-refractivity contribution is 5.88. The van der Waals surface area contributed by atoms with Gasteiger partial charge in [-0.05, 0) is 24.1 Å². The molecule has 0 aliphatic carbocycles. The van der Waals surface area contributed by atoms with Crippen LogP contribution in [0.1, 0.15) is 24.8 Å². The fourth-order valence-electron chi connectivity index (χ4n) is 1.95. The van der Waals surface area contributed by atoms with E-state index < -0.39 is 11.9 Å². The van der Waals surface area contributed by atoms with E-state index in [9.17, 15) is 4.79 Å². The van der Waals surface area contributed by atoms with Gasteiger partial charge in [0.2, 0.25) is 0 Å². The van der Waals surface area contributed by atoms with Gasteiger partial charge in [0.1, 0.15) is 0 Å². The summed E-state index contributed by atoms with van der Waals surface area (Å²) in [6.45, 7) is 1.88. The number of nitrogens with zero attached hydrogens (tertiary/aromatic N) is 1. The van der Waals surface area contributed by atoms with Gasteiger partial charge in [0.15, 0.2) is 0 Å². The van der Waals surface area contributed by atoms with Gasteiger partial charge in [0.05, 0.1) is 11.4 Å². The highest BCUT2D eigenvalue weighted by atomic mass is 16.4. The molecule has 1 unspecified atom stereocenters. The van der Waals surface area contributed by atoms with Gasteiger partial charge in [-0.15, -0.1) is 0 Å². The van der Waals surface area contributed by atoms with Crippen LogP contribution in [0.4, 0.5) is 0 Å². The monoisotopic (exact) mass is 215 g/mol. The predicted octanol–water partition coefficient (Wildman–Crippen LogP) is 2.81. The molecule has 2 aromatic rings. The summed E-state index contributed by atoms with van der Waals surface area (Å²) in [5.74, 6) is -1.23. The second-order valence-corrected chi connectivity index (χ2v) is 3.72. The molecule has 3 heteroatoms. The first-order chi connectivity index (χ1) is 7.74. The molecule has 0 aliphatic rings. The van der Waals surface area contributed by atoms with E-state index in [0.717, 1.165) is 16.5 Å². The summed E-state index contributed by atoms with van der Waals surface area (Å²) in [6.07, 6.45) is 2.26. The quantitative estimate of drug-likeness (QED) is 0.856. The van der Waals surface area contributed by atoms with Gasteiger partial charge in [-0.2, -0.15) is 0 Å². The van der Waals surface area contributed by atoms with Crippen LogP contribution in [0.5, 0.6) is 0 Å². The van der Waals surface area contributed by atoms with E-state index in [1.807, 2.05) is 31.2 Å². The average molecular weight is 215 g/mol. The standard InChI is InChI=1S/C13H13NO2/c1-2-9(13(15)16)10-7-8-14-12-6-4-3-5-11(10)12/h3-9H,2H2,1H3,(H,15,16). The highest BCUT2D eigenvalue weighted by Crippen LogP contribution is 2.26. The van der Waals surface area contributed by atoms with Crippen molar-refractivity contribution in [3.05, 3.63) is 42.1 Å². The van der Waals surface area contributed by atoms with Crippen LogP contribution < -0.4 is 0 Å². The molecule has 0 fully saturated rings. The largest absolute Gasteiger partial charge is 0.481 e. The molecule has 16 heavy (non-hydrogen) atoms. The fraction of sp³-hybridized carbons (Fsp3) is 0.231. The lowest BCUT2D eigenvalue weighted by molar-refractivity contribution is -0.138. The molecule has 82 valence electrons. The lowest BCUT2D eigenvalue weighted by atomic mass is 9.94. The third kappa shape index (κ3) is 1.76. The Morgan fingerprint density at radius 2 is 2.12 bits per heavy atom. The average Bonchev–Trinajstić information content (AvgIpc) is 2.30. The fourth-order valence-corrected chi connectivity index (χ4v) is 1.95. The number of carboxylic acid groups (broad SMARTS) is 1. The number of hydrogen-bond donors (Lipinski definition) is 1. The van der Waals surface area contributed by atoms with Gasteiger partial charge in [-0.1, -0.05) is 25.1 Å². The van der Waals surface area contributed by atoms with E-state index >= 15 is 0 Å². The lowest BCUT2D eigenvalue weighted by Gasteiger charge is -2.12. The molecule has 0 bridgehead atoms. The zero-order valence-corrected chi connectivity index (χ0v) is 9.05. The molecule has 1 atom stereocenters. The van der Waals surface area contributed by atoms with Gasteiger partial charge in [-0.25, -0.2) is 0 Å². The van der Waals surface area contributed by atoms with Crippen LogP contribution >= 0.6 is 0 Å². The second-order valence-electron chi connectivity index (χ2n) is 3.72. The zero-order chi connectivity index (χ0) is 11.5. The summed E-state index contributed by atoms with van der Waals surface area (Å²) in [5.41, 5.74) is 1.69. The summed E-state index contributed by atoms with van der Waals surface area (Å²) >= 11 is 0.